The van der Waals surface area contributed by atoms with E-state index < -0.39 is 0 Å². The van der Waals surface area contributed by atoms with Crippen molar-refractivity contribution >= 4 is 0 Å². The molecule has 0 amide bonds. The minimum atomic E-state index is 0.0947. The lowest BCUT2D eigenvalue weighted by Gasteiger charge is -2.43. The van der Waals surface area contributed by atoms with Crippen molar-refractivity contribution in [2.75, 3.05) is 53.3 Å². The molecular weight excluding hydrogens is 270 g/mol. The Hall–Kier alpha value is -0.200. The quantitative estimate of drug-likeness (QED) is 0.658. The second-order valence-corrected chi connectivity index (χ2v) is 6.10. The molecule has 5 nitrogen and oxygen atoms in total. The van der Waals surface area contributed by atoms with Crippen molar-refractivity contribution < 1.29 is 18.9 Å². The van der Waals surface area contributed by atoms with Crippen LogP contribution in [-0.2, 0) is 18.9 Å². The van der Waals surface area contributed by atoms with Crippen LogP contribution in [0.5, 0.6) is 0 Å². The number of unbranched alkanes of at least 4 members (excludes halogenated alkanes) is 1. The molecule has 0 aromatic heterocycles. The van der Waals surface area contributed by atoms with Gasteiger partial charge in [-0.25, -0.2) is 0 Å². The van der Waals surface area contributed by atoms with Crippen LogP contribution in [0.1, 0.15) is 38.5 Å². The zero-order valence-electron chi connectivity index (χ0n) is 13.4. The van der Waals surface area contributed by atoms with E-state index in [1.165, 1.54) is 6.42 Å². The first-order chi connectivity index (χ1) is 10.3. The van der Waals surface area contributed by atoms with Gasteiger partial charge in [-0.2, -0.15) is 0 Å². The molecule has 5 heteroatoms. The number of rotatable bonds is 9. The smallest absolute Gasteiger partial charge is 0.0741 e. The van der Waals surface area contributed by atoms with E-state index in [0.717, 1.165) is 65.1 Å². The van der Waals surface area contributed by atoms with Crippen molar-refractivity contribution in [1.29, 1.82) is 0 Å². The standard InChI is InChI=1S/C16H31NO4/c1-18-12-13-19-8-3-2-7-17-15-4-9-21-16(14-15)5-10-20-11-6-16/h15,17H,2-14H2,1H3. The molecule has 124 valence electrons. The van der Waals surface area contributed by atoms with Gasteiger partial charge >= 0.3 is 0 Å². The van der Waals surface area contributed by atoms with Crippen LogP contribution in [0.4, 0.5) is 0 Å². The first-order valence-electron chi connectivity index (χ1n) is 8.36. The van der Waals surface area contributed by atoms with E-state index in [-0.39, 0.29) is 5.60 Å². The van der Waals surface area contributed by atoms with Crippen molar-refractivity contribution in [2.24, 2.45) is 0 Å². The fourth-order valence-corrected chi connectivity index (χ4v) is 3.17. The van der Waals surface area contributed by atoms with Crippen LogP contribution in [-0.4, -0.2) is 64.9 Å². The minimum absolute atomic E-state index is 0.0947. The lowest BCUT2D eigenvalue weighted by molar-refractivity contribution is -0.140. The molecule has 2 aliphatic heterocycles. The summed E-state index contributed by atoms with van der Waals surface area (Å²) in [5, 5.41) is 3.69. The van der Waals surface area contributed by atoms with Crippen molar-refractivity contribution in [3.8, 4) is 0 Å². The molecule has 0 saturated carbocycles. The van der Waals surface area contributed by atoms with Crippen LogP contribution in [0.25, 0.3) is 0 Å². The summed E-state index contributed by atoms with van der Waals surface area (Å²) in [5.74, 6) is 0. The monoisotopic (exact) mass is 301 g/mol. The van der Waals surface area contributed by atoms with Gasteiger partial charge in [-0.1, -0.05) is 0 Å². The first kappa shape index (κ1) is 17.2. The van der Waals surface area contributed by atoms with Crippen LogP contribution in [0.15, 0.2) is 0 Å². The molecule has 0 radical (unpaired) electrons. The van der Waals surface area contributed by atoms with Gasteiger partial charge in [0.15, 0.2) is 0 Å². The molecule has 2 aliphatic rings. The molecule has 1 atom stereocenters. The normalized spacial score (nSPS) is 25.3. The van der Waals surface area contributed by atoms with E-state index in [1.54, 1.807) is 7.11 Å². The molecular formula is C16H31NO4. The van der Waals surface area contributed by atoms with Crippen LogP contribution >= 0.6 is 0 Å². The molecule has 2 saturated heterocycles. The van der Waals surface area contributed by atoms with Gasteiger partial charge in [0.25, 0.3) is 0 Å². The van der Waals surface area contributed by atoms with Gasteiger partial charge in [0, 0.05) is 39.6 Å². The Bertz CT molecular complexity index is 263. The summed E-state index contributed by atoms with van der Waals surface area (Å²) < 4.78 is 21.9. The van der Waals surface area contributed by atoms with E-state index in [9.17, 15) is 0 Å². The maximum atomic E-state index is 6.07. The van der Waals surface area contributed by atoms with Gasteiger partial charge in [0.1, 0.15) is 0 Å². The maximum absolute atomic E-state index is 6.07. The van der Waals surface area contributed by atoms with E-state index >= 15 is 0 Å². The number of ether oxygens (including phenoxy) is 4. The van der Waals surface area contributed by atoms with Crippen molar-refractivity contribution in [2.45, 2.75) is 50.2 Å². The van der Waals surface area contributed by atoms with Gasteiger partial charge in [0.05, 0.1) is 18.8 Å². The van der Waals surface area contributed by atoms with E-state index in [0.29, 0.717) is 19.3 Å². The molecule has 21 heavy (non-hydrogen) atoms. The van der Waals surface area contributed by atoms with Crippen LogP contribution < -0.4 is 5.32 Å². The minimum Gasteiger partial charge on any atom is -0.382 e. The van der Waals surface area contributed by atoms with Crippen LogP contribution in [0.2, 0.25) is 0 Å². The molecule has 0 aliphatic carbocycles. The summed E-state index contributed by atoms with van der Waals surface area (Å²) >= 11 is 0. The Kier molecular flexibility index (Phi) is 7.96. The summed E-state index contributed by atoms with van der Waals surface area (Å²) in [7, 11) is 1.70. The molecule has 0 aromatic carbocycles. The van der Waals surface area contributed by atoms with Crippen molar-refractivity contribution in [3.05, 3.63) is 0 Å². The Morgan fingerprint density at radius 2 is 1.95 bits per heavy atom. The highest BCUT2D eigenvalue weighted by Crippen LogP contribution is 2.34. The third-order valence-electron chi connectivity index (χ3n) is 4.48. The third kappa shape index (κ3) is 6.20. The molecule has 0 aromatic rings. The second kappa shape index (κ2) is 9.74. The molecule has 2 heterocycles. The summed E-state index contributed by atoms with van der Waals surface area (Å²) in [6, 6.07) is 0.603. The zero-order valence-corrected chi connectivity index (χ0v) is 13.4. The van der Waals surface area contributed by atoms with Crippen molar-refractivity contribution in [3.63, 3.8) is 0 Å². The van der Waals surface area contributed by atoms with Crippen LogP contribution in [0, 0.1) is 0 Å². The predicted molar refractivity (Wildman–Crippen MR) is 81.7 cm³/mol. The Balaban J connectivity index is 1.52. The number of hydrogen-bond donors (Lipinski definition) is 1. The van der Waals surface area contributed by atoms with E-state index in [1.807, 2.05) is 0 Å². The summed E-state index contributed by atoms with van der Waals surface area (Å²) in [5.41, 5.74) is 0.0947. The highest BCUT2D eigenvalue weighted by atomic mass is 16.5. The lowest BCUT2D eigenvalue weighted by atomic mass is 9.84. The molecule has 1 spiro atoms. The average Bonchev–Trinajstić information content (AvgIpc) is 2.51. The molecule has 1 N–H and O–H groups in total. The highest BCUT2D eigenvalue weighted by Gasteiger charge is 2.38. The first-order valence-corrected chi connectivity index (χ1v) is 8.36. The summed E-state index contributed by atoms with van der Waals surface area (Å²) in [6.07, 6.45) is 6.66. The van der Waals surface area contributed by atoms with Crippen molar-refractivity contribution in [1.82, 2.24) is 5.32 Å². The van der Waals surface area contributed by atoms with Gasteiger partial charge in [0.2, 0.25) is 0 Å². The van der Waals surface area contributed by atoms with E-state index in [4.69, 9.17) is 18.9 Å². The maximum Gasteiger partial charge on any atom is 0.0741 e. The average molecular weight is 301 g/mol. The number of methoxy groups -OCH3 is 1. The summed E-state index contributed by atoms with van der Waals surface area (Å²) in [4.78, 5) is 0. The number of nitrogens with one attached hydrogen (secondary N) is 1. The SMILES string of the molecule is COCCOCCCCNC1CCOC2(CCOCC2)C1. The molecule has 1 unspecified atom stereocenters. The van der Waals surface area contributed by atoms with Gasteiger partial charge in [-0.05, 0) is 45.1 Å². The largest absolute Gasteiger partial charge is 0.382 e. The highest BCUT2D eigenvalue weighted by molar-refractivity contribution is 4.91. The fourth-order valence-electron chi connectivity index (χ4n) is 3.17. The van der Waals surface area contributed by atoms with E-state index in [2.05, 4.69) is 5.32 Å². The van der Waals surface area contributed by atoms with Gasteiger partial charge in [-0.15, -0.1) is 0 Å². The Labute approximate surface area is 128 Å². The zero-order chi connectivity index (χ0) is 14.8. The summed E-state index contributed by atoms with van der Waals surface area (Å²) in [6.45, 7) is 5.89. The molecule has 0 bridgehead atoms. The van der Waals surface area contributed by atoms with Crippen LogP contribution in [0.3, 0.4) is 0 Å². The Morgan fingerprint density at radius 1 is 1.10 bits per heavy atom. The predicted octanol–water partition coefficient (Wildman–Crippen LogP) is 1.75. The lowest BCUT2D eigenvalue weighted by Crippen LogP contribution is -2.50. The topological polar surface area (TPSA) is 49.0 Å². The third-order valence-corrected chi connectivity index (χ3v) is 4.48. The number of hydrogen-bond acceptors (Lipinski definition) is 5. The molecule has 2 fully saturated rings. The second-order valence-electron chi connectivity index (χ2n) is 6.10. The van der Waals surface area contributed by atoms with Gasteiger partial charge < -0.3 is 24.3 Å². The molecule has 2 rings (SSSR count). The van der Waals surface area contributed by atoms with Gasteiger partial charge in [-0.3, -0.25) is 0 Å². The Morgan fingerprint density at radius 3 is 2.76 bits per heavy atom. The fraction of sp³-hybridized carbons (Fsp3) is 1.00.